The Hall–Kier alpha value is -1.93. The Bertz CT molecular complexity index is 638. The maximum atomic E-state index is 12.3. The van der Waals surface area contributed by atoms with E-state index in [1.165, 1.54) is 31.4 Å². The first-order valence-electron chi connectivity index (χ1n) is 6.66. The van der Waals surface area contributed by atoms with Crippen molar-refractivity contribution in [2.45, 2.75) is 31.2 Å². The molecule has 0 aliphatic rings. The minimum absolute atomic E-state index is 0.0228. The Kier molecular flexibility index (Phi) is 6.07. The van der Waals surface area contributed by atoms with Crippen LogP contribution >= 0.6 is 0 Å². The summed E-state index contributed by atoms with van der Waals surface area (Å²) in [6.45, 7) is 3.56. The normalized spacial score (nSPS) is 14.1. The van der Waals surface area contributed by atoms with Crippen LogP contribution in [0.15, 0.2) is 29.2 Å². The van der Waals surface area contributed by atoms with Crippen LogP contribution in [0.5, 0.6) is 0 Å². The average Bonchev–Trinajstić information content (AvgIpc) is 2.51. The van der Waals surface area contributed by atoms with E-state index >= 15 is 0 Å². The van der Waals surface area contributed by atoms with Crippen LogP contribution in [0.2, 0.25) is 0 Å². The van der Waals surface area contributed by atoms with E-state index in [0.717, 1.165) is 0 Å². The molecule has 22 heavy (non-hydrogen) atoms. The zero-order valence-electron chi connectivity index (χ0n) is 12.6. The second-order valence-electron chi connectivity index (χ2n) is 4.84. The molecule has 0 bridgehead atoms. The van der Waals surface area contributed by atoms with Crippen LogP contribution in [0.25, 0.3) is 0 Å². The predicted octanol–water partition coefficient (Wildman–Crippen LogP) is 1.25. The summed E-state index contributed by atoms with van der Waals surface area (Å²) < 4.78 is 31.5. The lowest BCUT2D eigenvalue weighted by molar-refractivity contribution is -0.143. The summed E-state index contributed by atoms with van der Waals surface area (Å²) >= 11 is 0. The Morgan fingerprint density at radius 2 is 1.82 bits per heavy atom. The first-order chi connectivity index (χ1) is 10.2. The van der Waals surface area contributed by atoms with Gasteiger partial charge in [0.2, 0.25) is 10.0 Å². The van der Waals surface area contributed by atoms with Gasteiger partial charge in [0.05, 0.1) is 17.6 Å². The number of carboxylic acid groups (broad SMARTS) is 1. The molecule has 1 aromatic carbocycles. The van der Waals surface area contributed by atoms with E-state index in [4.69, 9.17) is 5.11 Å². The van der Waals surface area contributed by atoms with E-state index in [-0.39, 0.29) is 16.4 Å². The van der Waals surface area contributed by atoms with E-state index in [0.29, 0.717) is 6.42 Å². The highest BCUT2D eigenvalue weighted by atomic mass is 32.2. The van der Waals surface area contributed by atoms with Crippen LogP contribution in [0, 0.1) is 5.92 Å². The van der Waals surface area contributed by atoms with Gasteiger partial charge in [-0.3, -0.25) is 4.79 Å². The molecule has 0 saturated heterocycles. The number of carboxylic acids is 1. The Morgan fingerprint density at radius 3 is 2.23 bits per heavy atom. The number of benzene rings is 1. The molecule has 0 aromatic heterocycles. The number of ether oxygens (including phenoxy) is 1. The van der Waals surface area contributed by atoms with Crippen molar-refractivity contribution in [2.24, 2.45) is 5.92 Å². The molecule has 2 unspecified atom stereocenters. The fourth-order valence-corrected chi connectivity index (χ4v) is 3.06. The van der Waals surface area contributed by atoms with E-state index in [1.54, 1.807) is 6.92 Å². The van der Waals surface area contributed by atoms with Gasteiger partial charge in [0.25, 0.3) is 0 Å². The van der Waals surface area contributed by atoms with Gasteiger partial charge in [-0.2, -0.15) is 4.72 Å². The molecule has 0 radical (unpaired) electrons. The lowest BCUT2D eigenvalue weighted by Crippen LogP contribution is -2.45. The molecule has 2 N–H and O–H groups in total. The second-order valence-corrected chi connectivity index (χ2v) is 6.55. The van der Waals surface area contributed by atoms with Gasteiger partial charge in [0.15, 0.2) is 0 Å². The van der Waals surface area contributed by atoms with Crippen molar-refractivity contribution >= 4 is 22.0 Å². The minimum atomic E-state index is -3.96. The summed E-state index contributed by atoms with van der Waals surface area (Å²) in [4.78, 5) is 22.4. The largest absolute Gasteiger partial charge is 0.478 e. The smallest absolute Gasteiger partial charge is 0.335 e. The number of sulfonamides is 1. The minimum Gasteiger partial charge on any atom is -0.478 e. The first-order valence-corrected chi connectivity index (χ1v) is 8.14. The highest BCUT2D eigenvalue weighted by molar-refractivity contribution is 7.89. The molecule has 0 amide bonds. The Balaban J connectivity index is 3.06. The highest BCUT2D eigenvalue weighted by Crippen LogP contribution is 2.15. The van der Waals surface area contributed by atoms with Gasteiger partial charge in [0, 0.05) is 0 Å². The first kappa shape index (κ1) is 18.1. The van der Waals surface area contributed by atoms with Crippen molar-refractivity contribution in [3.8, 4) is 0 Å². The Morgan fingerprint density at radius 1 is 1.27 bits per heavy atom. The third-order valence-corrected chi connectivity index (χ3v) is 4.82. The van der Waals surface area contributed by atoms with Crippen molar-refractivity contribution in [3.05, 3.63) is 29.8 Å². The molecule has 0 heterocycles. The summed E-state index contributed by atoms with van der Waals surface area (Å²) in [7, 11) is -2.77. The number of carbonyl (C=O) groups excluding carboxylic acids is 1. The molecule has 1 rings (SSSR count). The van der Waals surface area contributed by atoms with E-state index in [2.05, 4.69) is 9.46 Å². The summed E-state index contributed by atoms with van der Waals surface area (Å²) in [5, 5.41) is 8.81. The Labute approximate surface area is 129 Å². The number of aromatic carboxylic acids is 1. The van der Waals surface area contributed by atoms with Gasteiger partial charge in [-0.25, -0.2) is 13.2 Å². The van der Waals surface area contributed by atoms with Crippen LogP contribution in [-0.2, 0) is 19.6 Å². The lowest BCUT2D eigenvalue weighted by Gasteiger charge is -2.21. The summed E-state index contributed by atoms with van der Waals surface area (Å²) in [6.07, 6.45) is 0.584. The molecule has 0 spiro atoms. The number of methoxy groups -OCH3 is 1. The molecule has 7 nitrogen and oxygen atoms in total. The topological polar surface area (TPSA) is 110 Å². The monoisotopic (exact) mass is 329 g/mol. The van der Waals surface area contributed by atoms with Crippen LogP contribution in [-0.4, -0.2) is 38.6 Å². The number of carbonyl (C=O) groups is 2. The number of nitrogens with one attached hydrogen (secondary N) is 1. The molecule has 0 fully saturated rings. The quantitative estimate of drug-likeness (QED) is 0.729. The number of hydrogen-bond donors (Lipinski definition) is 2. The van der Waals surface area contributed by atoms with Crippen LogP contribution in [0.3, 0.4) is 0 Å². The fourth-order valence-electron chi connectivity index (χ4n) is 1.77. The second kappa shape index (κ2) is 7.37. The standard InChI is InChI=1S/C14H19NO6S/c1-4-9(2)12(14(18)21-3)15-22(19,20)11-7-5-10(6-8-11)13(16)17/h5-9,12,15H,4H2,1-3H3,(H,16,17). The maximum Gasteiger partial charge on any atom is 0.335 e. The van der Waals surface area contributed by atoms with E-state index in [9.17, 15) is 18.0 Å². The number of hydrogen-bond acceptors (Lipinski definition) is 5. The summed E-state index contributed by atoms with van der Waals surface area (Å²) in [5.74, 6) is -2.07. The van der Waals surface area contributed by atoms with Gasteiger partial charge in [-0.05, 0) is 30.2 Å². The fraction of sp³-hybridized carbons (Fsp3) is 0.429. The maximum absolute atomic E-state index is 12.3. The molecule has 2 atom stereocenters. The van der Waals surface area contributed by atoms with Gasteiger partial charge in [-0.1, -0.05) is 20.3 Å². The van der Waals surface area contributed by atoms with E-state index < -0.39 is 28.0 Å². The summed E-state index contributed by atoms with van der Waals surface area (Å²) in [5.41, 5.74) is -0.0228. The van der Waals surface area contributed by atoms with Crippen molar-refractivity contribution < 1.29 is 27.9 Å². The van der Waals surface area contributed by atoms with Gasteiger partial charge in [0.1, 0.15) is 6.04 Å². The average molecular weight is 329 g/mol. The van der Waals surface area contributed by atoms with Gasteiger partial charge < -0.3 is 9.84 Å². The predicted molar refractivity (Wildman–Crippen MR) is 79.0 cm³/mol. The zero-order chi connectivity index (χ0) is 16.9. The molecular weight excluding hydrogens is 310 g/mol. The SMILES string of the molecule is CCC(C)C(NS(=O)(=O)c1ccc(C(=O)O)cc1)C(=O)OC. The molecule has 0 aliphatic carbocycles. The molecule has 0 aliphatic heterocycles. The van der Waals surface area contributed by atoms with Crippen LogP contribution in [0.4, 0.5) is 0 Å². The van der Waals surface area contributed by atoms with Crippen molar-refractivity contribution in [1.82, 2.24) is 4.72 Å². The number of rotatable bonds is 7. The number of esters is 1. The molecular formula is C14H19NO6S. The van der Waals surface area contributed by atoms with E-state index in [1.807, 2.05) is 6.92 Å². The van der Waals surface area contributed by atoms with Crippen molar-refractivity contribution in [1.29, 1.82) is 0 Å². The molecule has 1 aromatic rings. The van der Waals surface area contributed by atoms with Crippen molar-refractivity contribution in [2.75, 3.05) is 7.11 Å². The molecule has 0 saturated carbocycles. The van der Waals surface area contributed by atoms with Gasteiger partial charge >= 0.3 is 11.9 Å². The zero-order valence-corrected chi connectivity index (χ0v) is 13.4. The molecule has 122 valence electrons. The third-order valence-electron chi connectivity index (χ3n) is 3.36. The highest BCUT2D eigenvalue weighted by Gasteiger charge is 2.30. The lowest BCUT2D eigenvalue weighted by atomic mass is 10.0. The molecule has 8 heteroatoms. The van der Waals surface area contributed by atoms with Gasteiger partial charge in [-0.15, -0.1) is 0 Å². The third kappa shape index (κ3) is 4.28. The van der Waals surface area contributed by atoms with Crippen LogP contribution in [0.1, 0.15) is 30.6 Å². The van der Waals surface area contributed by atoms with Crippen LogP contribution < -0.4 is 4.72 Å². The summed E-state index contributed by atoms with van der Waals surface area (Å²) in [6, 6.07) is 3.73. The van der Waals surface area contributed by atoms with Crippen molar-refractivity contribution in [3.63, 3.8) is 0 Å².